The van der Waals surface area contributed by atoms with Gasteiger partial charge in [-0.25, -0.2) is 4.79 Å². The number of rotatable bonds is 4. The molecule has 0 bridgehead atoms. The minimum Gasteiger partial charge on any atom is -0.264 e. The topological polar surface area (TPSA) is 87.9 Å². The number of hydrogen-bond acceptors (Lipinski definition) is 6. The van der Waals surface area contributed by atoms with Gasteiger partial charge in [-0.15, -0.1) is 15.1 Å². The molecule has 0 saturated heterocycles. The Bertz CT molecular complexity index is 187. The molecule has 0 saturated carbocycles. The smallest absolute Gasteiger partial charge is 0.264 e. The molecule has 7 heteroatoms. The summed E-state index contributed by atoms with van der Waals surface area (Å²) in [7, 11) is 0. The zero-order valence-corrected chi connectivity index (χ0v) is 5.60. The first-order valence-electron chi connectivity index (χ1n) is 2.39. The molecule has 0 spiro atoms. The van der Waals surface area contributed by atoms with E-state index in [2.05, 4.69) is 21.5 Å². The number of carbonyl (C=O) groups is 1. The second-order valence-corrected chi connectivity index (χ2v) is 1.52. The van der Waals surface area contributed by atoms with Crippen LogP contribution in [-0.2, 0) is 19.7 Å². The molecular formula is C4H5NO6. The van der Waals surface area contributed by atoms with E-state index in [0.717, 1.165) is 0 Å². The Morgan fingerprint density at radius 2 is 2.18 bits per heavy atom. The Kier molecular flexibility index (Phi) is 3.60. The lowest BCUT2D eigenvalue weighted by Crippen LogP contribution is -2.09. The predicted molar refractivity (Wildman–Crippen MR) is 30.1 cm³/mol. The van der Waals surface area contributed by atoms with Crippen LogP contribution in [0.1, 0.15) is 6.92 Å². The summed E-state index contributed by atoms with van der Waals surface area (Å²) in [6.07, 6.45) is 0. The van der Waals surface area contributed by atoms with Crippen molar-refractivity contribution in [2.45, 2.75) is 6.92 Å². The van der Waals surface area contributed by atoms with Crippen LogP contribution in [-0.4, -0.2) is 11.1 Å². The summed E-state index contributed by atoms with van der Waals surface area (Å²) >= 11 is 0. The fraction of sp³-hybridized carbons (Fsp3) is 0.250. The standard InChI is InChI=1S/C4H5NO6/c1-3(2)4(6)9-11-10-5(7)8/h1H2,2H3. The SMILES string of the molecule is C=C(C)C(=O)OOO[N+](=O)[O-]. The average molecular weight is 163 g/mol. The van der Waals surface area contributed by atoms with E-state index in [1.54, 1.807) is 0 Å². The van der Waals surface area contributed by atoms with E-state index >= 15 is 0 Å². The molecule has 7 nitrogen and oxygen atoms in total. The maximum absolute atomic E-state index is 10.4. The summed E-state index contributed by atoms with van der Waals surface area (Å²) in [5, 5.41) is 11.5. The molecule has 0 heterocycles. The van der Waals surface area contributed by atoms with Crippen LogP contribution in [0, 0.1) is 10.1 Å². The van der Waals surface area contributed by atoms with Crippen LogP contribution < -0.4 is 0 Å². The van der Waals surface area contributed by atoms with Gasteiger partial charge in [-0.05, 0) is 6.92 Å². The molecule has 0 aromatic carbocycles. The zero-order chi connectivity index (χ0) is 8.85. The zero-order valence-electron chi connectivity index (χ0n) is 5.60. The van der Waals surface area contributed by atoms with E-state index in [1.165, 1.54) is 6.92 Å². The summed E-state index contributed by atoms with van der Waals surface area (Å²) in [5.74, 6) is -0.938. The van der Waals surface area contributed by atoms with Crippen molar-refractivity contribution in [2.24, 2.45) is 0 Å². The normalized spacial score (nSPS) is 8.45. The summed E-state index contributed by atoms with van der Waals surface area (Å²) in [6.45, 7) is 4.52. The van der Waals surface area contributed by atoms with Gasteiger partial charge >= 0.3 is 11.1 Å². The van der Waals surface area contributed by atoms with Gasteiger partial charge in [0, 0.05) is 10.6 Å². The van der Waals surface area contributed by atoms with Gasteiger partial charge in [0.25, 0.3) is 0 Å². The molecule has 11 heavy (non-hydrogen) atoms. The van der Waals surface area contributed by atoms with Gasteiger partial charge in [0.1, 0.15) is 0 Å². The van der Waals surface area contributed by atoms with Crippen LogP contribution in [0.4, 0.5) is 0 Å². The number of carbonyl (C=O) groups excluding carboxylic acids is 1. The van der Waals surface area contributed by atoms with Crippen LogP contribution in [0.3, 0.4) is 0 Å². The first-order chi connectivity index (χ1) is 5.04. The van der Waals surface area contributed by atoms with Gasteiger partial charge < -0.3 is 0 Å². The second kappa shape index (κ2) is 4.23. The van der Waals surface area contributed by atoms with Crippen molar-refractivity contribution in [3.05, 3.63) is 22.3 Å². The molecule has 0 atom stereocenters. The first kappa shape index (κ1) is 9.37. The van der Waals surface area contributed by atoms with Gasteiger partial charge in [0.15, 0.2) is 0 Å². The summed E-state index contributed by atoms with van der Waals surface area (Å²) in [5.41, 5.74) is 0.0388. The predicted octanol–water partition coefficient (Wildman–Crippen LogP) is 0.161. The van der Waals surface area contributed by atoms with Crippen molar-refractivity contribution >= 4 is 5.97 Å². The fourth-order valence-electron chi connectivity index (χ4n) is 0.142. The molecule has 0 aromatic heterocycles. The summed E-state index contributed by atoms with van der Waals surface area (Å²) in [6, 6.07) is 0. The van der Waals surface area contributed by atoms with Crippen molar-refractivity contribution < 1.29 is 24.8 Å². The minimum absolute atomic E-state index is 0.0388. The van der Waals surface area contributed by atoms with Gasteiger partial charge in [-0.1, -0.05) is 6.58 Å². The molecule has 0 rings (SSSR count). The van der Waals surface area contributed by atoms with Crippen LogP contribution in [0.5, 0.6) is 0 Å². The maximum atomic E-state index is 10.4. The molecule has 0 fully saturated rings. The molecule has 0 aliphatic heterocycles. The lowest BCUT2D eigenvalue weighted by atomic mass is 10.4. The highest BCUT2D eigenvalue weighted by Crippen LogP contribution is 1.92. The van der Waals surface area contributed by atoms with E-state index in [9.17, 15) is 14.9 Å². The molecule has 0 aliphatic carbocycles. The second-order valence-electron chi connectivity index (χ2n) is 1.52. The van der Waals surface area contributed by atoms with E-state index in [-0.39, 0.29) is 5.57 Å². The van der Waals surface area contributed by atoms with Crippen molar-refractivity contribution in [3.63, 3.8) is 0 Å². The number of hydrogen-bond donors (Lipinski definition) is 0. The Morgan fingerprint density at radius 1 is 1.64 bits per heavy atom. The van der Waals surface area contributed by atoms with Gasteiger partial charge in [0.05, 0.1) is 0 Å². The van der Waals surface area contributed by atoms with E-state index in [1.807, 2.05) is 0 Å². The molecule has 0 amide bonds. The largest absolute Gasteiger partial charge is 0.371 e. The third-order valence-electron chi connectivity index (χ3n) is 0.549. The van der Waals surface area contributed by atoms with E-state index in [4.69, 9.17) is 0 Å². The van der Waals surface area contributed by atoms with Crippen molar-refractivity contribution in [1.82, 2.24) is 0 Å². The molecule has 62 valence electrons. The lowest BCUT2D eigenvalue weighted by molar-refractivity contribution is -0.885. The van der Waals surface area contributed by atoms with Crippen LogP contribution in [0.25, 0.3) is 0 Å². The third-order valence-corrected chi connectivity index (χ3v) is 0.549. The average Bonchev–Trinajstić information content (AvgIpc) is 1.86. The van der Waals surface area contributed by atoms with Crippen LogP contribution in [0.2, 0.25) is 0 Å². The molecule has 0 aliphatic rings. The Hall–Kier alpha value is -1.63. The summed E-state index contributed by atoms with van der Waals surface area (Å²) < 4.78 is 0. The first-order valence-corrected chi connectivity index (χ1v) is 2.39. The Labute approximate surface area is 61.1 Å². The minimum atomic E-state index is -1.27. The molecular weight excluding hydrogens is 158 g/mol. The molecule has 0 aromatic rings. The van der Waals surface area contributed by atoms with Crippen molar-refractivity contribution in [1.29, 1.82) is 0 Å². The maximum Gasteiger partial charge on any atom is 0.371 e. The molecule has 0 N–H and O–H groups in total. The lowest BCUT2D eigenvalue weighted by Gasteiger charge is -1.96. The van der Waals surface area contributed by atoms with Gasteiger partial charge in [0.2, 0.25) is 0 Å². The van der Waals surface area contributed by atoms with Crippen molar-refractivity contribution in [3.8, 4) is 0 Å². The highest BCUT2D eigenvalue weighted by molar-refractivity contribution is 5.86. The quantitative estimate of drug-likeness (QED) is 0.254. The monoisotopic (exact) mass is 163 g/mol. The van der Waals surface area contributed by atoms with Gasteiger partial charge in [-0.2, -0.15) is 0 Å². The fourth-order valence-corrected chi connectivity index (χ4v) is 0.142. The van der Waals surface area contributed by atoms with Crippen LogP contribution in [0.15, 0.2) is 12.2 Å². The summed E-state index contributed by atoms with van der Waals surface area (Å²) in [4.78, 5) is 26.7. The number of nitrogens with zero attached hydrogens (tertiary/aromatic N) is 1. The molecule has 0 unspecified atom stereocenters. The third kappa shape index (κ3) is 4.85. The Balaban J connectivity index is 3.47. The molecule has 0 radical (unpaired) electrons. The van der Waals surface area contributed by atoms with Crippen molar-refractivity contribution in [2.75, 3.05) is 0 Å². The highest BCUT2D eigenvalue weighted by Gasteiger charge is 2.05. The van der Waals surface area contributed by atoms with E-state index in [0.29, 0.717) is 0 Å². The highest BCUT2D eigenvalue weighted by atomic mass is 17.6. The Morgan fingerprint density at radius 3 is 2.55 bits per heavy atom. The van der Waals surface area contributed by atoms with Gasteiger partial charge in [-0.3, -0.25) is 4.89 Å². The van der Waals surface area contributed by atoms with Crippen LogP contribution >= 0.6 is 0 Å². The van der Waals surface area contributed by atoms with E-state index < -0.39 is 11.1 Å².